The highest BCUT2D eigenvalue weighted by molar-refractivity contribution is 9.10. The van der Waals surface area contributed by atoms with Gasteiger partial charge in [-0.15, -0.1) is 0 Å². The SMILES string of the molecule is NNC(Cc1ccccc1Br)CC1CCOC1. The molecule has 1 heterocycles. The fourth-order valence-corrected chi connectivity index (χ4v) is 2.76. The molecule has 1 aliphatic rings. The maximum absolute atomic E-state index is 5.64. The number of rotatable bonds is 5. The Labute approximate surface area is 111 Å². The molecule has 2 rings (SSSR count). The van der Waals surface area contributed by atoms with Gasteiger partial charge in [0.25, 0.3) is 0 Å². The summed E-state index contributed by atoms with van der Waals surface area (Å²) in [6.45, 7) is 1.78. The van der Waals surface area contributed by atoms with Crippen LogP contribution < -0.4 is 11.3 Å². The Balaban J connectivity index is 1.92. The predicted molar refractivity (Wildman–Crippen MR) is 72.5 cm³/mol. The Morgan fingerprint density at radius 3 is 2.94 bits per heavy atom. The molecule has 1 aromatic carbocycles. The van der Waals surface area contributed by atoms with Gasteiger partial charge in [0.05, 0.1) is 0 Å². The van der Waals surface area contributed by atoms with Crippen molar-refractivity contribution in [3.05, 3.63) is 34.3 Å². The van der Waals surface area contributed by atoms with Crippen molar-refractivity contribution >= 4 is 15.9 Å². The number of benzene rings is 1. The molecule has 0 bridgehead atoms. The van der Waals surface area contributed by atoms with Crippen molar-refractivity contribution in [2.45, 2.75) is 25.3 Å². The number of hydrazine groups is 1. The van der Waals surface area contributed by atoms with E-state index in [1.807, 2.05) is 6.07 Å². The second-order valence-electron chi connectivity index (χ2n) is 4.62. The van der Waals surface area contributed by atoms with Crippen LogP contribution in [0.3, 0.4) is 0 Å². The lowest BCUT2D eigenvalue weighted by molar-refractivity contribution is 0.181. The van der Waals surface area contributed by atoms with Crippen LogP contribution >= 0.6 is 15.9 Å². The Morgan fingerprint density at radius 2 is 2.29 bits per heavy atom. The van der Waals surface area contributed by atoms with E-state index in [9.17, 15) is 0 Å². The molecule has 2 atom stereocenters. The van der Waals surface area contributed by atoms with E-state index in [2.05, 4.69) is 39.6 Å². The average molecular weight is 299 g/mol. The lowest BCUT2D eigenvalue weighted by Gasteiger charge is -2.19. The maximum Gasteiger partial charge on any atom is 0.0495 e. The van der Waals surface area contributed by atoms with Gasteiger partial charge in [0, 0.05) is 23.7 Å². The summed E-state index contributed by atoms with van der Waals surface area (Å²) in [4.78, 5) is 0. The summed E-state index contributed by atoms with van der Waals surface area (Å²) in [5, 5.41) is 0. The van der Waals surface area contributed by atoms with Gasteiger partial charge in [-0.25, -0.2) is 0 Å². The Bertz CT molecular complexity index is 353. The Hall–Kier alpha value is -0.420. The topological polar surface area (TPSA) is 47.3 Å². The van der Waals surface area contributed by atoms with Crippen LogP contribution in [-0.2, 0) is 11.2 Å². The second kappa shape index (κ2) is 6.50. The van der Waals surface area contributed by atoms with Crippen molar-refractivity contribution in [2.75, 3.05) is 13.2 Å². The quantitative estimate of drug-likeness (QED) is 0.647. The highest BCUT2D eigenvalue weighted by atomic mass is 79.9. The summed E-state index contributed by atoms with van der Waals surface area (Å²) in [5.41, 5.74) is 4.23. The summed E-state index contributed by atoms with van der Waals surface area (Å²) >= 11 is 3.57. The molecular formula is C13H19BrN2O. The molecule has 0 aromatic heterocycles. The standard InChI is InChI=1S/C13H19BrN2O/c14-13-4-2-1-3-11(13)8-12(16-15)7-10-5-6-17-9-10/h1-4,10,12,16H,5-9,15H2. The van der Waals surface area contributed by atoms with E-state index in [1.54, 1.807) is 0 Å². The van der Waals surface area contributed by atoms with Crippen LogP contribution in [0, 0.1) is 5.92 Å². The molecule has 94 valence electrons. The zero-order valence-corrected chi connectivity index (χ0v) is 11.4. The van der Waals surface area contributed by atoms with Crippen LogP contribution in [0.4, 0.5) is 0 Å². The van der Waals surface area contributed by atoms with E-state index in [4.69, 9.17) is 10.6 Å². The molecule has 0 radical (unpaired) electrons. The molecule has 1 saturated heterocycles. The minimum atomic E-state index is 0.320. The first-order chi connectivity index (χ1) is 8.29. The molecule has 3 nitrogen and oxygen atoms in total. The summed E-state index contributed by atoms with van der Waals surface area (Å²) in [6.07, 6.45) is 3.19. The third kappa shape index (κ3) is 3.78. The molecule has 1 aliphatic heterocycles. The van der Waals surface area contributed by atoms with Gasteiger partial charge in [0.15, 0.2) is 0 Å². The van der Waals surface area contributed by atoms with Crippen molar-refractivity contribution in [3.63, 3.8) is 0 Å². The van der Waals surface area contributed by atoms with Gasteiger partial charge in [-0.3, -0.25) is 11.3 Å². The summed E-state index contributed by atoms with van der Waals surface area (Å²) in [7, 11) is 0. The van der Waals surface area contributed by atoms with Gasteiger partial charge in [-0.2, -0.15) is 0 Å². The first-order valence-corrected chi connectivity index (χ1v) is 6.86. The maximum atomic E-state index is 5.64. The first kappa shape index (κ1) is 13.0. The fraction of sp³-hybridized carbons (Fsp3) is 0.538. The number of hydrogen-bond acceptors (Lipinski definition) is 3. The van der Waals surface area contributed by atoms with Crippen LogP contribution in [0.2, 0.25) is 0 Å². The summed E-state index contributed by atoms with van der Waals surface area (Å²) in [6, 6.07) is 8.62. The summed E-state index contributed by atoms with van der Waals surface area (Å²) < 4.78 is 6.55. The lowest BCUT2D eigenvalue weighted by Crippen LogP contribution is -2.38. The van der Waals surface area contributed by atoms with Gasteiger partial charge in [0.2, 0.25) is 0 Å². The van der Waals surface area contributed by atoms with E-state index in [1.165, 1.54) is 5.56 Å². The smallest absolute Gasteiger partial charge is 0.0495 e. The van der Waals surface area contributed by atoms with Gasteiger partial charge in [-0.05, 0) is 36.8 Å². The number of hydrogen-bond donors (Lipinski definition) is 2. The van der Waals surface area contributed by atoms with Crippen molar-refractivity contribution in [3.8, 4) is 0 Å². The van der Waals surface area contributed by atoms with E-state index >= 15 is 0 Å². The minimum Gasteiger partial charge on any atom is -0.381 e. The normalized spacial score (nSPS) is 21.6. The first-order valence-electron chi connectivity index (χ1n) is 6.07. The highest BCUT2D eigenvalue weighted by Crippen LogP contribution is 2.22. The Kier molecular flexibility index (Phi) is 4.98. The zero-order chi connectivity index (χ0) is 12.1. The van der Waals surface area contributed by atoms with Crippen LogP contribution in [0.5, 0.6) is 0 Å². The molecule has 3 N–H and O–H groups in total. The number of nitrogens with one attached hydrogen (secondary N) is 1. The van der Waals surface area contributed by atoms with Crippen LogP contribution in [0.1, 0.15) is 18.4 Å². The molecule has 4 heteroatoms. The predicted octanol–water partition coefficient (Wildman–Crippen LogP) is 2.25. The van der Waals surface area contributed by atoms with Gasteiger partial charge in [0.1, 0.15) is 0 Å². The van der Waals surface area contributed by atoms with Gasteiger partial charge in [-0.1, -0.05) is 34.1 Å². The Morgan fingerprint density at radius 1 is 1.47 bits per heavy atom. The van der Waals surface area contributed by atoms with Crippen molar-refractivity contribution < 1.29 is 4.74 Å². The van der Waals surface area contributed by atoms with E-state index in [0.717, 1.165) is 36.9 Å². The van der Waals surface area contributed by atoms with E-state index in [-0.39, 0.29) is 0 Å². The van der Waals surface area contributed by atoms with Crippen LogP contribution in [-0.4, -0.2) is 19.3 Å². The second-order valence-corrected chi connectivity index (χ2v) is 5.48. The minimum absolute atomic E-state index is 0.320. The lowest BCUT2D eigenvalue weighted by atomic mass is 9.95. The molecule has 2 unspecified atom stereocenters. The largest absolute Gasteiger partial charge is 0.381 e. The monoisotopic (exact) mass is 298 g/mol. The van der Waals surface area contributed by atoms with E-state index in [0.29, 0.717) is 12.0 Å². The third-order valence-electron chi connectivity index (χ3n) is 3.30. The molecule has 1 aromatic rings. The number of halogens is 1. The fourth-order valence-electron chi connectivity index (χ4n) is 2.31. The molecule has 1 fully saturated rings. The van der Waals surface area contributed by atoms with Crippen LogP contribution in [0.15, 0.2) is 28.7 Å². The molecule has 0 amide bonds. The molecule has 0 spiro atoms. The van der Waals surface area contributed by atoms with Gasteiger partial charge >= 0.3 is 0 Å². The van der Waals surface area contributed by atoms with Crippen LogP contribution in [0.25, 0.3) is 0 Å². The molecule has 0 saturated carbocycles. The van der Waals surface area contributed by atoms with Crippen molar-refractivity contribution in [2.24, 2.45) is 11.8 Å². The summed E-state index contributed by atoms with van der Waals surface area (Å²) in [5.74, 6) is 6.29. The van der Waals surface area contributed by atoms with Crippen molar-refractivity contribution in [1.29, 1.82) is 0 Å². The highest BCUT2D eigenvalue weighted by Gasteiger charge is 2.20. The number of nitrogens with two attached hydrogens (primary N) is 1. The number of ether oxygens (including phenoxy) is 1. The van der Waals surface area contributed by atoms with E-state index < -0.39 is 0 Å². The third-order valence-corrected chi connectivity index (χ3v) is 4.08. The van der Waals surface area contributed by atoms with Gasteiger partial charge < -0.3 is 4.74 Å². The molecule has 17 heavy (non-hydrogen) atoms. The van der Waals surface area contributed by atoms with Crippen molar-refractivity contribution in [1.82, 2.24) is 5.43 Å². The average Bonchev–Trinajstić information content (AvgIpc) is 2.84. The molecular weight excluding hydrogens is 280 g/mol. The molecule has 0 aliphatic carbocycles. The zero-order valence-electron chi connectivity index (χ0n) is 9.86.